The van der Waals surface area contributed by atoms with Crippen molar-refractivity contribution in [1.29, 1.82) is 0 Å². The molecule has 0 bridgehead atoms. The number of carbonyl (C=O) groups is 1. The highest BCUT2D eigenvalue weighted by molar-refractivity contribution is 6.01. The molecule has 5 rings (SSSR count). The third-order valence-corrected chi connectivity index (χ3v) is 6.82. The lowest BCUT2D eigenvalue weighted by atomic mass is 9.88. The first kappa shape index (κ1) is 20.7. The minimum atomic E-state index is -0.00705. The zero-order valence-corrected chi connectivity index (χ0v) is 19.1. The fraction of sp³-hybridized carbons (Fsp3) is 0.333. The molecule has 0 aliphatic carbocycles. The van der Waals surface area contributed by atoms with Gasteiger partial charge in [-0.15, -0.1) is 0 Å². The lowest BCUT2D eigenvalue weighted by Gasteiger charge is -2.34. The van der Waals surface area contributed by atoms with Crippen LogP contribution in [0.5, 0.6) is 0 Å². The summed E-state index contributed by atoms with van der Waals surface area (Å²) < 4.78 is 1.83. The molecule has 0 saturated carbocycles. The van der Waals surface area contributed by atoms with Gasteiger partial charge in [-0.05, 0) is 91.9 Å². The van der Waals surface area contributed by atoms with E-state index in [1.54, 1.807) is 11.0 Å². The topological polar surface area (TPSA) is 41.4 Å². The molecule has 4 heterocycles. The van der Waals surface area contributed by atoms with E-state index in [0.717, 1.165) is 65.8 Å². The Morgan fingerprint density at radius 1 is 1.12 bits per heavy atom. The van der Waals surface area contributed by atoms with Crippen LogP contribution in [-0.4, -0.2) is 45.1 Å². The average molecular weight is 427 g/mol. The zero-order valence-electron chi connectivity index (χ0n) is 19.1. The SMILES string of the molecule is CCN1CCC(C2=CN3C(=O)/C=C(c4cc(C)c5nn(C)cc5c4)\C=C\C=C3C=C2)CC1. The fourth-order valence-corrected chi connectivity index (χ4v) is 4.96. The van der Waals surface area contributed by atoms with Crippen LogP contribution in [0.1, 0.15) is 30.9 Å². The van der Waals surface area contributed by atoms with Crippen LogP contribution in [0.3, 0.4) is 0 Å². The van der Waals surface area contributed by atoms with E-state index in [1.807, 2.05) is 36.2 Å². The predicted octanol–water partition coefficient (Wildman–Crippen LogP) is 4.73. The molecule has 3 aliphatic heterocycles. The Bertz CT molecular complexity index is 1220. The van der Waals surface area contributed by atoms with Gasteiger partial charge < -0.3 is 4.90 Å². The number of hydrogen-bond donors (Lipinski definition) is 0. The Kier molecular flexibility index (Phi) is 5.43. The van der Waals surface area contributed by atoms with E-state index in [4.69, 9.17) is 0 Å². The van der Waals surface area contributed by atoms with Crippen LogP contribution in [0, 0.1) is 12.8 Å². The number of amides is 1. The average Bonchev–Trinajstić information content (AvgIpc) is 3.18. The van der Waals surface area contributed by atoms with E-state index in [0.29, 0.717) is 5.92 Å². The van der Waals surface area contributed by atoms with Gasteiger partial charge in [-0.1, -0.05) is 25.2 Å². The minimum Gasteiger partial charge on any atom is -0.304 e. The van der Waals surface area contributed by atoms with Gasteiger partial charge in [-0.2, -0.15) is 5.10 Å². The highest BCUT2D eigenvalue weighted by Crippen LogP contribution is 2.31. The summed E-state index contributed by atoms with van der Waals surface area (Å²) in [6.45, 7) is 7.67. The highest BCUT2D eigenvalue weighted by atomic mass is 16.2. The number of rotatable bonds is 3. The second kappa shape index (κ2) is 8.40. The largest absolute Gasteiger partial charge is 0.304 e. The Hall–Kier alpha value is -3.18. The van der Waals surface area contributed by atoms with E-state index < -0.39 is 0 Å². The number of allylic oxidation sites excluding steroid dienone is 7. The highest BCUT2D eigenvalue weighted by Gasteiger charge is 2.25. The Morgan fingerprint density at radius 2 is 1.94 bits per heavy atom. The molecule has 0 N–H and O–H groups in total. The van der Waals surface area contributed by atoms with Crippen LogP contribution in [-0.2, 0) is 11.8 Å². The van der Waals surface area contributed by atoms with Crippen molar-refractivity contribution in [3.63, 3.8) is 0 Å². The number of aromatic nitrogens is 2. The summed E-state index contributed by atoms with van der Waals surface area (Å²) in [7, 11) is 1.93. The van der Waals surface area contributed by atoms with E-state index in [1.165, 1.54) is 5.57 Å². The lowest BCUT2D eigenvalue weighted by Crippen LogP contribution is -2.35. The van der Waals surface area contributed by atoms with Crippen LogP contribution in [0.25, 0.3) is 16.5 Å². The summed E-state index contributed by atoms with van der Waals surface area (Å²) in [5, 5.41) is 5.63. The predicted molar refractivity (Wildman–Crippen MR) is 130 cm³/mol. The molecule has 0 spiro atoms. The summed E-state index contributed by atoms with van der Waals surface area (Å²) in [5.74, 6) is 0.510. The zero-order chi connectivity index (χ0) is 22.2. The molecule has 32 heavy (non-hydrogen) atoms. The van der Waals surface area contributed by atoms with Crippen molar-refractivity contribution in [3.8, 4) is 0 Å². The Balaban J connectivity index is 1.45. The van der Waals surface area contributed by atoms with Crippen molar-refractivity contribution in [1.82, 2.24) is 19.6 Å². The monoisotopic (exact) mass is 426 g/mol. The number of benzene rings is 1. The van der Waals surface area contributed by atoms with Crippen molar-refractivity contribution in [3.05, 3.63) is 83.4 Å². The van der Waals surface area contributed by atoms with E-state index in [9.17, 15) is 4.79 Å². The first-order chi connectivity index (χ1) is 15.5. The van der Waals surface area contributed by atoms with Crippen LogP contribution in [0.4, 0.5) is 0 Å². The molecule has 5 heteroatoms. The standard InChI is InChI=1S/C27H30N4O/c1-4-30-12-10-20(11-13-30)22-8-9-25-7-5-6-21(16-26(32)31(25)18-22)23-14-19(2)27-24(15-23)17-29(3)28-27/h5-9,14-18,20H,4,10-13H2,1-3H3/b6-5+,21-16+,25-7?. The molecule has 0 unspecified atom stereocenters. The van der Waals surface area contributed by atoms with Crippen LogP contribution < -0.4 is 0 Å². The number of nitrogens with zero attached hydrogens (tertiary/aromatic N) is 4. The summed E-state index contributed by atoms with van der Waals surface area (Å²) >= 11 is 0. The molecule has 164 valence electrons. The molecular weight excluding hydrogens is 396 g/mol. The maximum atomic E-state index is 13.3. The van der Waals surface area contributed by atoms with Gasteiger partial charge in [-0.3, -0.25) is 14.4 Å². The van der Waals surface area contributed by atoms with Crippen LogP contribution in [0.2, 0.25) is 0 Å². The third-order valence-electron chi connectivity index (χ3n) is 6.82. The molecule has 0 atom stereocenters. The maximum absolute atomic E-state index is 13.3. The van der Waals surface area contributed by atoms with Gasteiger partial charge in [0, 0.05) is 36.6 Å². The first-order valence-corrected chi connectivity index (χ1v) is 11.5. The number of aryl methyl sites for hydroxylation is 2. The maximum Gasteiger partial charge on any atom is 0.255 e. The molecule has 1 aromatic carbocycles. The molecular formula is C27H30N4O. The second-order valence-electron chi connectivity index (χ2n) is 8.96. The van der Waals surface area contributed by atoms with Crippen molar-refractivity contribution in [2.75, 3.05) is 19.6 Å². The van der Waals surface area contributed by atoms with Crippen molar-refractivity contribution >= 4 is 22.4 Å². The number of carbonyl (C=O) groups excluding carboxylic acids is 1. The Labute approximate surface area is 189 Å². The van der Waals surface area contributed by atoms with Gasteiger partial charge in [0.2, 0.25) is 0 Å². The number of fused-ring (bicyclic) bond motifs is 2. The fourth-order valence-electron chi connectivity index (χ4n) is 4.96. The van der Waals surface area contributed by atoms with Gasteiger partial charge in [0.1, 0.15) is 0 Å². The molecule has 3 aliphatic rings. The van der Waals surface area contributed by atoms with Gasteiger partial charge in [0.05, 0.1) is 5.52 Å². The normalized spacial score (nSPS) is 22.7. The second-order valence-corrected chi connectivity index (χ2v) is 8.96. The van der Waals surface area contributed by atoms with Gasteiger partial charge in [0.25, 0.3) is 5.91 Å². The lowest BCUT2D eigenvalue weighted by molar-refractivity contribution is -0.122. The number of piperidine rings is 1. The summed E-state index contributed by atoms with van der Waals surface area (Å²) in [5.41, 5.74) is 6.24. The smallest absolute Gasteiger partial charge is 0.255 e. The number of likely N-dealkylation sites (tertiary alicyclic amines) is 1. The van der Waals surface area contributed by atoms with Crippen molar-refractivity contribution in [2.24, 2.45) is 13.0 Å². The van der Waals surface area contributed by atoms with Crippen LogP contribution in [0.15, 0.2) is 72.3 Å². The van der Waals surface area contributed by atoms with Gasteiger partial charge >= 0.3 is 0 Å². The van der Waals surface area contributed by atoms with E-state index in [2.05, 4.69) is 54.3 Å². The summed E-state index contributed by atoms with van der Waals surface area (Å²) in [6, 6.07) is 4.23. The molecule has 1 amide bonds. The molecule has 0 radical (unpaired) electrons. The molecule has 2 aromatic rings. The van der Waals surface area contributed by atoms with E-state index in [-0.39, 0.29) is 5.91 Å². The van der Waals surface area contributed by atoms with Crippen molar-refractivity contribution < 1.29 is 4.79 Å². The van der Waals surface area contributed by atoms with Gasteiger partial charge in [-0.25, -0.2) is 0 Å². The molecule has 1 fully saturated rings. The number of hydrogen-bond acceptors (Lipinski definition) is 3. The third kappa shape index (κ3) is 3.89. The molecule has 1 saturated heterocycles. The van der Waals surface area contributed by atoms with E-state index >= 15 is 0 Å². The van der Waals surface area contributed by atoms with Crippen molar-refractivity contribution in [2.45, 2.75) is 26.7 Å². The summed E-state index contributed by atoms with van der Waals surface area (Å²) in [4.78, 5) is 17.6. The first-order valence-electron chi connectivity index (χ1n) is 11.5. The van der Waals surface area contributed by atoms with Crippen LogP contribution >= 0.6 is 0 Å². The molecule has 5 nitrogen and oxygen atoms in total. The van der Waals surface area contributed by atoms with Gasteiger partial charge in [0.15, 0.2) is 0 Å². The quantitative estimate of drug-likeness (QED) is 0.712. The minimum absolute atomic E-state index is 0.00705. The molecule has 1 aromatic heterocycles. The Morgan fingerprint density at radius 3 is 2.72 bits per heavy atom. The summed E-state index contributed by atoms with van der Waals surface area (Å²) in [6.07, 6.45) is 18.5.